The number of rotatable bonds is 6. The van der Waals surface area contributed by atoms with Gasteiger partial charge in [-0.15, -0.1) is 0 Å². The van der Waals surface area contributed by atoms with Crippen molar-refractivity contribution in [2.24, 2.45) is 70.0 Å². The van der Waals surface area contributed by atoms with Crippen LogP contribution in [0.15, 0.2) is 0 Å². The normalized spacial score (nSPS) is 56.3. The summed E-state index contributed by atoms with van der Waals surface area (Å²) in [7, 11) is 0. The van der Waals surface area contributed by atoms with Gasteiger partial charge in [-0.2, -0.15) is 0 Å². The Morgan fingerprint density at radius 2 is 1.55 bits per heavy atom. The summed E-state index contributed by atoms with van der Waals surface area (Å²) in [5.74, 6) is 0.982. The van der Waals surface area contributed by atoms with Gasteiger partial charge in [0, 0.05) is 24.7 Å². The van der Waals surface area contributed by atoms with Crippen LogP contribution in [0.2, 0.25) is 0 Å². The number of carboxylic acid groups (broad SMARTS) is 1. The molecule has 4 N–H and O–H groups in total. The molecule has 0 aromatic rings. The van der Waals surface area contributed by atoms with Gasteiger partial charge >= 0.3 is 5.97 Å². The van der Waals surface area contributed by atoms with Crippen molar-refractivity contribution in [1.82, 2.24) is 0 Å². The minimum absolute atomic E-state index is 0.00824. The van der Waals surface area contributed by atoms with Crippen LogP contribution in [0.25, 0.3) is 0 Å². The molecule has 7 aliphatic rings. The fourth-order valence-corrected chi connectivity index (χ4v) is 13.7. The molecule has 8 heteroatoms. The summed E-state index contributed by atoms with van der Waals surface area (Å²) in [5.41, 5.74) is -0.776. The van der Waals surface area contributed by atoms with Crippen LogP contribution >= 0.6 is 0 Å². The van der Waals surface area contributed by atoms with E-state index < -0.39 is 29.9 Å². The summed E-state index contributed by atoms with van der Waals surface area (Å²) in [5, 5.41) is 44.5. The van der Waals surface area contributed by atoms with E-state index in [2.05, 4.69) is 34.6 Å². The molecule has 268 valence electrons. The van der Waals surface area contributed by atoms with E-state index in [1.54, 1.807) is 6.92 Å². The summed E-state index contributed by atoms with van der Waals surface area (Å²) in [4.78, 5) is 11.3. The van der Waals surface area contributed by atoms with Crippen molar-refractivity contribution in [1.29, 1.82) is 0 Å². The lowest BCUT2D eigenvalue weighted by molar-refractivity contribution is -0.413. The smallest absolute Gasteiger partial charge is 0.303 e. The van der Waals surface area contributed by atoms with Gasteiger partial charge in [-0.3, -0.25) is 4.79 Å². The van der Waals surface area contributed by atoms with Gasteiger partial charge in [0.1, 0.15) is 5.60 Å². The molecule has 47 heavy (non-hydrogen) atoms. The van der Waals surface area contributed by atoms with E-state index in [4.69, 9.17) is 14.2 Å². The third kappa shape index (κ3) is 5.57. The average molecular weight is 661 g/mol. The molecule has 2 saturated heterocycles. The van der Waals surface area contributed by atoms with E-state index in [-0.39, 0.29) is 47.2 Å². The monoisotopic (exact) mass is 660 g/mol. The predicted molar refractivity (Wildman–Crippen MR) is 177 cm³/mol. The first-order valence-corrected chi connectivity index (χ1v) is 19.4. The summed E-state index contributed by atoms with van der Waals surface area (Å²) < 4.78 is 19.6. The first-order chi connectivity index (χ1) is 22.1. The Balaban J connectivity index is 1.04. The number of fused-ring (bicyclic) bond motifs is 5. The highest BCUT2D eigenvalue weighted by Crippen LogP contribution is 2.68. The summed E-state index contributed by atoms with van der Waals surface area (Å²) in [6.07, 6.45) is 10.9. The van der Waals surface area contributed by atoms with Crippen molar-refractivity contribution in [3.8, 4) is 0 Å². The molecule has 8 nitrogen and oxygen atoms in total. The minimum atomic E-state index is -1.35. The third-order valence-corrected chi connectivity index (χ3v) is 16.3. The first kappa shape index (κ1) is 34.7. The molecule has 0 aromatic heterocycles. The Hall–Kier alpha value is -0.770. The number of ether oxygens (including phenoxy) is 3. The molecular formula is C39H64O8. The largest absolute Gasteiger partial charge is 0.481 e. The van der Waals surface area contributed by atoms with Crippen molar-refractivity contribution in [2.75, 3.05) is 0 Å². The third-order valence-electron chi connectivity index (χ3n) is 16.3. The van der Waals surface area contributed by atoms with Crippen LogP contribution in [-0.4, -0.2) is 62.6 Å². The van der Waals surface area contributed by atoms with Crippen molar-refractivity contribution in [3.05, 3.63) is 0 Å². The molecule has 7 rings (SSSR count). The van der Waals surface area contributed by atoms with Crippen molar-refractivity contribution < 1.29 is 39.4 Å². The standard InChI is InChI=1S/C39H64O8/c1-21(8-12-32(41)42)26-10-11-29-33-30(14-17-37(26,29)5)36(4)16-13-25(19-24(36)20-31(33)40)45-34-23(3)28-9-7-22(2)27-15-18-38(6,43)47-35(46-34)39(27,28)44/h21-31,33-35,40,43-44H,7-20H2,1-6H3,(H,41,42)/t21-,22-,23-,24?,25-,26-,27?,28+,29?,30?,31+,33?,34?,35?,36+,37-,38-,39-/m1/s1. The first-order valence-electron chi connectivity index (χ1n) is 19.4. The quantitative estimate of drug-likeness (QED) is 0.231. The van der Waals surface area contributed by atoms with Crippen LogP contribution in [0.4, 0.5) is 0 Å². The predicted octanol–water partition coefficient (Wildman–Crippen LogP) is 6.73. The minimum Gasteiger partial charge on any atom is -0.481 e. The zero-order valence-electron chi connectivity index (χ0n) is 29.9. The van der Waals surface area contributed by atoms with E-state index in [0.717, 1.165) is 70.6 Å². The molecule has 0 radical (unpaired) electrons. The molecule has 5 saturated carbocycles. The topological polar surface area (TPSA) is 126 Å². The summed E-state index contributed by atoms with van der Waals surface area (Å²) in [6, 6.07) is 0. The molecule has 0 bridgehead atoms. The summed E-state index contributed by atoms with van der Waals surface area (Å²) in [6.45, 7) is 13.3. The van der Waals surface area contributed by atoms with E-state index >= 15 is 0 Å². The SMILES string of the molecule is C[C@@H]1CC[C@H]2[C@@H](C)C(O[C@@H]3CC[C@@]4(C)C(C3)C[C@H](O)C3C4CC[C@@]4(C)C3CC[C@@H]4[C@H](C)CCC(=O)O)OC3O[C@@](C)(O)CCC1[C@]32O. The van der Waals surface area contributed by atoms with E-state index in [9.17, 15) is 25.2 Å². The van der Waals surface area contributed by atoms with Crippen molar-refractivity contribution >= 4 is 5.97 Å². The lowest BCUT2D eigenvalue weighted by atomic mass is 9.43. The highest BCUT2D eigenvalue weighted by atomic mass is 16.8. The highest BCUT2D eigenvalue weighted by molar-refractivity contribution is 5.66. The van der Waals surface area contributed by atoms with Gasteiger partial charge < -0.3 is 34.6 Å². The molecule has 0 aromatic carbocycles. The number of carbonyl (C=O) groups is 1. The molecule has 18 atom stereocenters. The molecule has 0 amide bonds. The zero-order valence-corrected chi connectivity index (χ0v) is 29.9. The highest BCUT2D eigenvalue weighted by Gasteiger charge is 2.65. The average Bonchev–Trinajstić information content (AvgIpc) is 3.30. The van der Waals surface area contributed by atoms with Crippen molar-refractivity contribution in [2.45, 2.75) is 168 Å². The Morgan fingerprint density at radius 1 is 0.872 bits per heavy atom. The number of aliphatic hydroxyl groups excluding tert-OH is 1. The lowest BCUT2D eigenvalue weighted by Crippen LogP contribution is -2.67. The summed E-state index contributed by atoms with van der Waals surface area (Å²) >= 11 is 0. The van der Waals surface area contributed by atoms with Crippen LogP contribution in [0.1, 0.15) is 131 Å². The van der Waals surface area contributed by atoms with Gasteiger partial charge in [0.05, 0.1) is 12.2 Å². The fourth-order valence-electron chi connectivity index (χ4n) is 13.7. The van der Waals surface area contributed by atoms with E-state index in [1.807, 2.05) is 0 Å². The van der Waals surface area contributed by atoms with Gasteiger partial charge in [-0.1, -0.05) is 34.6 Å². The number of hydrogen-bond acceptors (Lipinski definition) is 7. The lowest BCUT2D eigenvalue weighted by Gasteiger charge is -2.63. The number of hydrogen-bond donors (Lipinski definition) is 4. The maximum atomic E-state index is 12.3. The van der Waals surface area contributed by atoms with Gasteiger partial charge in [-0.05, 0) is 142 Å². The van der Waals surface area contributed by atoms with Crippen LogP contribution in [0.3, 0.4) is 0 Å². The molecular weight excluding hydrogens is 596 g/mol. The van der Waals surface area contributed by atoms with Crippen LogP contribution in [0.5, 0.6) is 0 Å². The maximum Gasteiger partial charge on any atom is 0.303 e. The number of carboxylic acids is 1. The van der Waals surface area contributed by atoms with Gasteiger partial charge in [-0.25, -0.2) is 0 Å². The molecule has 7 unspecified atom stereocenters. The second kappa shape index (κ2) is 12.2. The molecule has 5 aliphatic carbocycles. The Morgan fingerprint density at radius 3 is 2.30 bits per heavy atom. The number of aliphatic carboxylic acids is 1. The van der Waals surface area contributed by atoms with E-state index in [1.165, 1.54) is 6.42 Å². The van der Waals surface area contributed by atoms with Crippen LogP contribution < -0.4 is 0 Å². The molecule has 2 heterocycles. The zero-order chi connectivity index (χ0) is 33.7. The maximum absolute atomic E-state index is 12.3. The Labute approximate surface area is 282 Å². The molecule has 0 spiro atoms. The van der Waals surface area contributed by atoms with Crippen molar-refractivity contribution in [3.63, 3.8) is 0 Å². The van der Waals surface area contributed by atoms with Gasteiger partial charge in [0.15, 0.2) is 18.4 Å². The Bertz CT molecular complexity index is 1180. The van der Waals surface area contributed by atoms with E-state index in [0.29, 0.717) is 47.8 Å². The van der Waals surface area contributed by atoms with Crippen LogP contribution in [0, 0.1) is 70.0 Å². The second-order valence-corrected chi connectivity index (χ2v) is 18.6. The molecule has 7 fully saturated rings. The van der Waals surface area contributed by atoms with Crippen LogP contribution in [-0.2, 0) is 19.0 Å². The second-order valence-electron chi connectivity index (χ2n) is 18.6. The van der Waals surface area contributed by atoms with Gasteiger partial charge in [0.2, 0.25) is 0 Å². The fraction of sp³-hybridized carbons (Fsp3) is 0.974. The van der Waals surface area contributed by atoms with Gasteiger partial charge in [0.25, 0.3) is 0 Å². The molecule has 2 aliphatic heterocycles. The Kier molecular flexibility index (Phi) is 8.98. The number of aliphatic hydroxyl groups is 3.